The van der Waals surface area contributed by atoms with E-state index in [9.17, 15) is 9.59 Å². The largest absolute Gasteiger partial charge is 0.464 e. The number of thiazole rings is 1. The van der Waals surface area contributed by atoms with Gasteiger partial charge in [0.1, 0.15) is 11.3 Å². The van der Waals surface area contributed by atoms with E-state index in [1.54, 1.807) is 48.2 Å². The summed E-state index contributed by atoms with van der Waals surface area (Å²) < 4.78 is 5.31. The van der Waals surface area contributed by atoms with Crippen molar-refractivity contribution in [3.63, 3.8) is 0 Å². The molecule has 8 heteroatoms. The van der Waals surface area contributed by atoms with Crippen molar-refractivity contribution in [2.45, 2.75) is 0 Å². The molecular formula is C17H12N4O3S. The first-order valence-corrected chi connectivity index (χ1v) is 8.21. The van der Waals surface area contributed by atoms with Crippen molar-refractivity contribution < 1.29 is 14.0 Å². The fourth-order valence-electron chi connectivity index (χ4n) is 2.50. The Kier molecular flexibility index (Phi) is 3.58. The van der Waals surface area contributed by atoms with Crippen molar-refractivity contribution in [3.05, 3.63) is 59.4 Å². The van der Waals surface area contributed by atoms with Crippen molar-refractivity contribution in [1.29, 1.82) is 0 Å². The van der Waals surface area contributed by atoms with Gasteiger partial charge >= 0.3 is 0 Å². The fraction of sp³-hybridized carbons (Fsp3) is 0. The van der Waals surface area contributed by atoms with Crippen LogP contribution in [0.2, 0.25) is 0 Å². The van der Waals surface area contributed by atoms with Crippen LogP contribution in [0.1, 0.15) is 20.8 Å². The highest BCUT2D eigenvalue weighted by Gasteiger charge is 2.14. The molecular weight excluding hydrogens is 340 g/mol. The Morgan fingerprint density at radius 3 is 2.96 bits per heavy atom. The molecule has 3 aromatic heterocycles. The minimum absolute atomic E-state index is 0.264. The number of anilines is 1. The second-order valence-electron chi connectivity index (χ2n) is 5.30. The summed E-state index contributed by atoms with van der Waals surface area (Å²) >= 11 is 1.30. The number of aromatic amines is 1. The standard InChI is InChI=1S/C17H12N4O3S/c18-15(22)12-6-9(7-19-12)13-8-25-17(20-13)21-16(23)11-2-1-3-14-10(11)4-5-24-14/h1-8,19H,(H2,18,22)(H,20,21,23). The summed E-state index contributed by atoms with van der Waals surface area (Å²) in [4.78, 5) is 30.8. The van der Waals surface area contributed by atoms with Crippen LogP contribution in [-0.4, -0.2) is 21.8 Å². The number of primary amides is 1. The van der Waals surface area contributed by atoms with Crippen LogP contribution in [0.5, 0.6) is 0 Å². The molecule has 25 heavy (non-hydrogen) atoms. The van der Waals surface area contributed by atoms with E-state index in [0.717, 1.165) is 10.9 Å². The zero-order valence-corrected chi connectivity index (χ0v) is 13.6. The molecule has 3 heterocycles. The molecule has 4 rings (SSSR count). The van der Waals surface area contributed by atoms with Gasteiger partial charge in [-0.2, -0.15) is 0 Å². The van der Waals surface area contributed by atoms with Crippen LogP contribution in [0.3, 0.4) is 0 Å². The predicted octanol–water partition coefficient (Wildman–Crippen LogP) is 3.24. The molecule has 0 aliphatic rings. The number of nitrogens with zero attached hydrogens (tertiary/aromatic N) is 1. The quantitative estimate of drug-likeness (QED) is 0.523. The number of hydrogen-bond acceptors (Lipinski definition) is 5. The van der Waals surface area contributed by atoms with Gasteiger partial charge in [-0.05, 0) is 24.3 Å². The number of amides is 2. The lowest BCUT2D eigenvalue weighted by molar-refractivity contribution is 0.0994. The topological polar surface area (TPSA) is 114 Å². The maximum Gasteiger partial charge on any atom is 0.265 e. The van der Waals surface area contributed by atoms with E-state index in [1.807, 2.05) is 0 Å². The van der Waals surface area contributed by atoms with Crippen LogP contribution < -0.4 is 11.1 Å². The van der Waals surface area contributed by atoms with Crippen molar-refractivity contribution in [2.75, 3.05) is 5.32 Å². The first kappa shape index (κ1) is 15.2. The number of carbonyl (C=O) groups is 2. The lowest BCUT2D eigenvalue weighted by atomic mass is 10.1. The molecule has 4 N–H and O–H groups in total. The molecule has 0 radical (unpaired) electrons. The Balaban J connectivity index is 1.57. The summed E-state index contributed by atoms with van der Waals surface area (Å²) in [7, 11) is 0. The molecule has 0 saturated heterocycles. The summed E-state index contributed by atoms with van der Waals surface area (Å²) in [5, 5.41) is 5.78. The van der Waals surface area contributed by atoms with Gasteiger partial charge in [-0.3, -0.25) is 14.9 Å². The van der Waals surface area contributed by atoms with Crippen molar-refractivity contribution >= 4 is 39.3 Å². The lowest BCUT2D eigenvalue weighted by Crippen LogP contribution is -2.11. The van der Waals surface area contributed by atoms with E-state index in [1.165, 1.54) is 11.3 Å². The number of fused-ring (bicyclic) bond motifs is 1. The Morgan fingerprint density at radius 1 is 1.28 bits per heavy atom. The molecule has 0 unspecified atom stereocenters. The summed E-state index contributed by atoms with van der Waals surface area (Å²) in [5.41, 5.74) is 8.07. The summed E-state index contributed by atoms with van der Waals surface area (Å²) in [6.07, 6.45) is 3.19. The van der Waals surface area contributed by atoms with Crippen LogP contribution in [0.25, 0.3) is 22.2 Å². The minimum atomic E-state index is -0.539. The van der Waals surface area contributed by atoms with Crippen LogP contribution in [0, 0.1) is 0 Å². The highest BCUT2D eigenvalue weighted by molar-refractivity contribution is 7.14. The van der Waals surface area contributed by atoms with E-state index in [2.05, 4.69) is 15.3 Å². The van der Waals surface area contributed by atoms with E-state index in [4.69, 9.17) is 10.2 Å². The lowest BCUT2D eigenvalue weighted by Gasteiger charge is -2.02. The van der Waals surface area contributed by atoms with Gasteiger partial charge < -0.3 is 15.1 Å². The van der Waals surface area contributed by atoms with Crippen LogP contribution in [0.15, 0.2) is 52.6 Å². The van der Waals surface area contributed by atoms with Crippen LogP contribution >= 0.6 is 11.3 Å². The molecule has 4 aromatic rings. The smallest absolute Gasteiger partial charge is 0.265 e. The number of nitrogens with one attached hydrogen (secondary N) is 2. The monoisotopic (exact) mass is 352 g/mol. The van der Waals surface area contributed by atoms with E-state index in [0.29, 0.717) is 27.7 Å². The summed E-state index contributed by atoms with van der Waals surface area (Å²) in [5.74, 6) is -0.803. The highest BCUT2D eigenvalue weighted by atomic mass is 32.1. The van der Waals surface area contributed by atoms with Gasteiger partial charge in [-0.25, -0.2) is 4.98 Å². The average molecular weight is 352 g/mol. The van der Waals surface area contributed by atoms with Gasteiger partial charge in [0.25, 0.3) is 11.8 Å². The molecule has 0 atom stereocenters. The number of furan rings is 1. The summed E-state index contributed by atoms with van der Waals surface area (Å²) in [6, 6.07) is 8.67. The molecule has 0 fully saturated rings. The maximum absolute atomic E-state index is 12.5. The molecule has 124 valence electrons. The van der Waals surface area contributed by atoms with Gasteiger partial charge in [0.15, 0.2) is 5.13 Å². The SMILES string of the molecule is NC(=O)c1cc(-c2csc(NC(=O)c3cccc4occc34)n2)c[nH]1. The third kappa shape index (κ3) is 2.79. The number of carbonyl (C=O) groups excluding carboxylic acids is 2. The maximum atomic E-state index is 12.5. The average Bonchev–Trinajstić information content (AvgIpc) is 3.33. The normalized spacial score (nSPS) is 10.9. The Bertz CT molecular complexity index is 1090. The highest BCUT2D eigenvalue weighted by Crippen LogP contribution is 2.27. The number of hydrogen-bond donors (Lipinski definition) is 3. The first-order chi connectivity index (χ1) is 12.1. The van der Waals surface area contributed by atoms with Crippen molar-refractivity contribution in [3.8, 4) is 11.3 Å². The third-order valence-electron chi connectivity index (χ3n) is 3.71. The molecule has 7 nitrogen and oxygen atoms in total. The molecule has 0 aliphatic carbocycles. The molecule has 0 saturated carbocycles. The molecule has 0 spiro atoms. The van der Waals surface area contributed by atoms with E-state index >= 15 is 0 Å². The van der Waals surface area contributed by atoms with Gasteiger partial charge in [0.05, 0.1) is 17.5 Å². The van der Waals surface area contributed by atoms with E-state index < -0.39 is 5.91 Å². The number of H-pyrrole nitrogens is 1. The molecule has 0 aliphatic heterocycles. The first-order valence-electron chi connectivity index (χ1n) is 7.33. The van der Waals surface area contributed by atoms with Gasteiger partial charge in [0, 0.05) is 22.5 Å². The number of nitrogens with two attached hydrogens (primary N) is 1. The fourth-order valence-corrected chi connectivity index (χ4v) is 3.22. The van der Waals surface area contributed by atoms with Gasteiger partial charge in [0.2, 0.25) is 0 Å². The zero-order valence-electron chi connectivity index (χ0n) is 12.8. The Hall–Kier alpha value is -3.39. The number of rotatable bonds is 4. The van der Waals surface area contributed by atoms with Gasteiger partial charge in [-0.15, -0.1) is 11.3 Å². The van der Waals surface area contributed by atoms with Crippen LogP contribution in [0.4, 0.5) is 5.13 Å². The second-order valence-corrected chi connectivity index (χ2v) is 6.15. The van der Waals surface area contributed by atoms with Crippen molar-refractivity contribution in [2.24, 2.45) is 5.73 Å². The van der Waals surface area contributed by atoms with Gasteiger partial charge in [-0.1, -0.05) is 6.07 Å². The third-order valence-corrected chi connectivity index (χ3v) is 4.47. The predicted molar refractivity (Wildman–Crippen MR) is 94.6 cm³/mol. The molecule has 1 aromatic carbocycles. The Morgan fingerprint density at radius 2 is 2.16 bits per heavy atom. The second kappa shape index (κ2) is 5.91. The van der Waals surface area contributed by atoms with Crippen LogP contribution in [-0.2, 0) is 0 Å². The summed E-state index contributed by atoms with van der Waals surface area (Å²) in [6.45, 7) is 0. The molecule has 2 amide bonds. The van der Waals surface area contributed by atoms with Crippen molar-refractivity contribution in [1.82, 2.24) is 9.97 Å². The molecule has 0 bridgehead atoms. The Labute approximate surface area is 145 Å². The number of benzene rings is 1. The number of aromatic nitrogens is 2. The minimum Gasteiger partial charge on any atom is -0.464 e. The zero-order chi connectivity index (χ0) is 17.4. The van der Waals surface area contributed by atoms with E-state index in [-0.39, 0.29) is 5.91 Å².